The first-order chi connectivity index (χ1) is 14.9. The lowest BCUT2D eigenvalue weighted by molar-refractivity contribution is 0.738. The molecule has 5 aromatic heterocycles. The van der Waals surface area contributed by atoms with Gasteiger partial charge in [-0.1, -0.05) is 6.08 Å². The predicted octanol–water partition coefficient (Wildman–Crippen LogP) is 3.94. The maximum absolute atomic E-state index is 4.61. The van der Waals surface area contributed by atoms with E-state index in [0.717, 1.165) is 69.7 Å². The van der Waals surface area contributed by atoms with Gasteiger partial charge in [-0.2, -0.15) is 5.10 Å². The third-order valence-corrected chi connectivity index (χ3v) is 5.59. The normalized spacial score (nSPS) is 14.3. The van der Waals surface area contributed by atoms with E-state index in [4.69, 9.17) is 0 Å². The van der Waals surface area contributed by atoms with Crippen molar-refractivity contribution in [3.63, 3.8) is 0 Å². The molecule has 6 heterocycles. The Hall–Kier alpha value is -3.84. The van der Waals surface area contributed by atoms with Crippen LogP contribution in [0.2, 0.25) is 0 Å². The van der Waals surface area contributed by atoms with Gasteiger partial charge in [0.1, 0.15) is 5.69 Å². The van der Waals surface area contributed by atoms with Crippen molar-refractivity contribution in [1.82, 2.24) is 35.5 Å². The van der Waals surface area contributed by atoms with Crippen molar-refractivity contribution in [2.45, 2.75) is 6.42 Å². The van der Waals surface area contributed by atoms with E-state index in [1.165, 1.54) is 5.57 Å². The van der Waals surface area contributed by atoms with Gasteiger partial charge in [0, 0.05) is 53.2 Å². The van der Waals surface area contributed by atoms with Crippen LogP contribution in [0, 0.1) is 0 Å². The molecule has 0 radical (unpaired) electrons. The summed E-state index contributed by atoms with van der Waals surface area (Å²) in [6.07, 6.45) is 10.6. The van der Waals surface area contributed by atoms with E-state index in [0.29, 0.717) is 0 Å². The lowest BCUT2D eigenvalue weighted by atomic mass is 10.0. The summed E-state index contributed by atoms with van der Waals surface area (Å²) in [4.78, 5) is 16.9. The van der Waals surface area contributed by atoms with Gasteiger partial charge in [0.05, 0.1) is 11.4 Å². The van der Waals surface area contributed by atoms with E-state index in [-0.39, 0.29) is 0 Å². The van der Waals surface area contributed by atoms with Crippen LogP contribution in [0.15, 0.2) is 61.2 Å². The highest BCUT2D eigenvalue weighted by Crippen LogP contribution is 2.33. The van der Waals surface area contributed by atoms with Gasteiger partial charge in [-0.05, 0) is 54.4 Å². The second kappa shape index (κ2) is 6.89. The number of nitrogens with zero attached hydrogens (tertiary/aromatic N) is 4. The number of rotatable bonds is 3. The summed E-state index contributed by atoms with van der Waals surface area (Å²) in [5.41, 5.74) is 7.97. The standard InChI is InChI=1S/C23H19N7/c1-2-15(12-25-6-1)21-17-11-20(28-19(17)5-9-26-21)22-18-10-16(13-27-23(18)30-29-22)14-3-7-24-8-4-14/h1-3,5-6,9-13,24,28H,4,7-8H2,(H,27,29,30). The highest BCUT2D eigenvalue weighted by atomic mass is 15.2. The average Bonchev–Trinajstić information content (AvgIpc) is 3.43. The number of aromatic nitrogens is 6. The fourth-order valence-corrected chi connectivity index (χ4v) is 4.08. The Kier molecular flexibility index (Phi) is 3.92. The SMILES string of the molecule is C1=C(c2cnc3[nH]nc(-c4cc5c(-c6cccnc6)nccc5[nH]4)c3c2)CCNC1. The summed E-state index contributed by atoms with van der Waals surface area (Å²) in [6, 6.07) is 10.2. The largest absolute Gasteiger partial charge is 0.353 e. The lowest BCUT2D eigenvalue weighted by Crippen LogP contribution is -2.20. The minimum atomic E-state index is 0.785. The Morgan fingerprint density at radius 2 is 1.90 bits per heavy atom. The molecule has 0 spiro atoms. The third kappa shape index (κ3) is 2.79. The second-order valence-electron chi connectivity index (χ2n) is 7.42. The molecule has 0 aromatic carbocycles. The minimum Gasteiger partial charge on any atom is -0.353 e. The molecule has 146 valence electrons. The summed E-state index contributed by atoms with van der Waals surface area (Å²) >= 11 is 0. The highest BCUT2D eigenvalue weighted by Gasteiger charge is 2.16. The van der Waals surface area contributed by atoms with Crippen LogP contribution in [-0.2, 0) is 0 Å². The van der Waals surface area contributed by atoms with Gasteiger partial charge in [-0.3, -0.25) is 15.1 Å². The monoisotopic (exact) mass is 393 g/mol. The van der Waals surface area contributed by atoms with Crippen LogP contribution >= 0.6 is 0 Å². The van der Waals surface area contributed by atoms with Crippen molar-refractivity contribution in [2.75, 3.05) is 13.1 Å². The van der Waals surface area contributed by atoms with Crippen LogP contribution < -0.4 is 5.32 Å². The molecule has 0 amide bonds. The van der Waals surface area contributed by atoms with Crippen LogP contribution in [0.4, 0.5) is 0 Å². The average molecular weight is 393 g/mol. The molecule has 0 saturated heterocycles. The maximum atomic E-state index is 4.61. The van der Waals surface area contributed by atoms with E-state index in [1.807, 2.05) is 36.8 Å². The molecule has 0 unspecified atom stereocenters. The van der Waals surface area contributed by atoms with E-state index in [1.54, 1.807) is 6.20 Å². The van der Waals surface area contributed by atoms with Crippen LogP contribution in [0.25, 0.3) is 50.2 Å². The Morgan fingerprint density at radius 3 is 2.77 bits per heavy atom. The summed E-state index contributed by atoms with van der Waals surface area (Å²) < 4.78 is 0. The first kappa shape index (κ1) is 17.1. The molecule has 1 aliphatic rings. The van der Waals surface area contributed by atoms with E-state index in [2.05, 4.69) is 53.7 Å². The first-order valence-corrected chi connectivity index (χ1v) is 9.99. The quantitative estimate of drug-likeness (QED) is 0.432. The van der Waals surface area contributed by atoms with Crippen LogP contribution in [-0.4, -0.2) is 43.2 Å². The molecule has 5 aromatic rings. The molecule has 6 rings (SSSR count). The van der Waals surface area contributed by atoms with Gasteiger partial charge in [-0.15, -0.1) is 0 Å². The smallest absolute Gasteiger partial charge is 0.155 e. The number of hydrogen-bond acceptors (Lipinski definition) is 5. The zero-order valence-corrected chi connectivity index (χ0v) is 16.2. The Bertz CT molecular complexity index is 1400. The van der Waals surface area contributed by atoms with Crippen molar-refractivity contribution in [3.8, 4) is 22.6 Å². The molecule has 0 atom stereocenters. The molecule has 7 nitrogen and oxygen atoms in total. The Morgan fingerprint density at radius 1 is 0.900 bits per heavy atom. The molecule has 0 aliphatic carbocycles. The molecule has 3 N–H and O–H groups in total. The molecular weight excluding hydrogens is 374 g/mol. The summed E-state index contributed by atoms with van der Waals surface area (Å²) in [5.74, 6) is 0. The maximum Gasteiger partial charge on any atom is 0.155 e. The lowest BCUT2D eigenvalue weighted by Gasteiger charge is -2.13. The molecule has 0 saturated carbocycles. The van der Waals surface area contributed by atoms with Crippen molar-refractivity contribution in [1.29, 1.82) is 0 Å². The Balaban J connectivity index is 1.50. The van der Waals surface area contributed by atoms with Gasteiger partial charge in [0.2, 0.25) is 0 Å². The van der Waals surface area contributed by atoms with E-state index < -0.39 is 0 Å². The Labute approximate surface area is 172 Å². The van der Waals surface area contributed by atoms with Gasteiger partial charge in [0.25, 0.3) is 0 Å². The second-order valence-corrected chi connectivity index (χ2v) is 7.42. The van der Waals surface area contributed by atoms with Crippen LogP contribution in [0.3, 0.4) is 0 Å². The minimum absolute atomic E-state index is 0.785. The number of nitrogens with one attached hydrogen (secondary N) is 3. The number of pyridine rings is 3. The summed E-state index contributed by atoms with van der Waals surface area (Å²) in [5, 5.41) is 13.0. The fraction of sp³-hybridized carbons (Fsp3) is 0.130. The first-order valence-electron chi connectivity index (χ1n) is 9.99. The topological polar surface area (TPSA) is 95.2 Å². The van der Waals surface area contributed by atoms with Gasteiger partial charge < -0.3 is 10.3 Å². The molecule has 30 heavy (non-hydrogen) atoms. The van der Waals surface area contributed by atoms with Crippen molar-refractivity contribution >= 4 is 27.5 Å². The number of hydrogen-bond donors (Lipinski definition) is 3. The van der Waals surface area contributed by atoms with E-state index >= 15 is 0 Å². The summed E-state index contributed by atoms with van der Waals surface area (Å²) in [7, 11) is 0. The molecule has 0 bridgehead atoms. The van der Waals surface area contributed by atoms with Crippen molar-refractivity contribution in [2.24, 2.45) is 0 Å². The third-order valence-electron chi connectivity index (χ3n) is 5.59. The predicted molar refractivity (Wildman–Crippen MR) is 118 cm³/mol. The number of H-pyrrole nitrogens is 2. The van der Waals surface area contributed by atoms with Gasteiger partial charge in [0.15, 0.2) is 5.65 Å². The van der Waals surface area contributed by atoms with Crippen LogP contribution in [0.5, 0.6) is 0 Å². The van der Waals surface area contributed by atoms with E-state index in [9.17, 15) is 0 Å². The van der Waals surface area contributed by atoms with Crippen molar-refractivity contribution < 1.29 is 0 Å². The highest BCUT2D eigenvalue weighted by molar-refractivity contribution is 5.99. The molecule has 0 fully saturated rings. The molecular formula is C23H19N7. The van der Waals surface area contributed by atoms with Gasteiger partial charge >= 0.3 is 0 Å². The molecule has 1 aliphatic heterocycles. The van der Waals surface area contributed by atoms with Crippen LogP contribution in [0.1, 0.15) is 12.0 Å². The summed E-state index contributed by atoms with van der Waals surface area (Å²) in [6.45, 7) is 1.89. The van der Waals surface area contributed by atoms with Gasteiger partial charge in [-0.25, -0.2) is 4.98 Å². The van der Waals surface area contributed by atoms with Crippen molar-refractivity contribution in [3.05, 3.63) is 66.8 Å². The zero-order chi connectivity index (χ0) is 19.9. The molecule has 7 heteroatoms. The number of aromatic amines is 2. The fourth-order valence-electron chi connectivity index (χ4n) is 4.08. The number of fused-ring (bicyclic) bond motifs is 2. The zero-order valence-electron chi connectivity index (χ0n) is 16.2.